The first-order valence-electron chi connectivity index (χ1n) is 6.52. The molecule has 1 aromatic carbocycles. The summed E-state index contributed by atoms with van der Waals surface area (Å²) in [7, 11) is 0. The van der Waals surface area contributed by atoms with Crippen LogP contribution in [0.15, 0.2) is 24.5 Å². The minimum atomic E-state index is -0.259. The number of amides is 3. The summed E-state index contributed by atoms with van der Waals surface area (Å²) in [6.07, 6.45) is 2.01. The normalized spacial score (nSPS) is 13.0. The molecule has 3 amide bonds. The number of urea groups is 1. The predicted molar refractivity (Wildman–Crippen MR) is 74.7 cm³/mol. The molecule has 2 aromatic rings. The van der Waals surface area contributed by atoms with E-state index in [2.05, 4.69) is 31.1 Å². The number of H-pyrrole nitrogens is 1. The van der Waals surface area contributed by atoms with Crippen LogP contribution in [-0.2, 0) is 13.0 Å². The van der Waals surface area contributed by atoms with Gasteiger partial charge in [-0.05, 0) is 17.7 Å². The Labute approximate surface area is 120 Å². The van der Waals surface area contributed by atoms with E-state index in [0.717, 1.165) is 11.4 Å². The van der Waals surface area contributed by atoms with Crippen molar-refractivity contribution in [3.63, 3.8) is 0 Å². The van der Waals surface area contributed by atoms with Gasteiger partial charge in [-0.1, -0.05) is 6.07 Å². The highest BCUT2D eigenvalue weighted by Gasteiger charge is 2.15. The number of hydrogen-bond acceptors (Lipinski definition) is 4. The molecule has 0 saturated heterocycles. The number of anilines is 1. The zero-order chi connectivity index (χ0) is 14.7. The van der Waals surface area contributed by atoms with Crippen molar-refractivity contribution in [2.24, 2.45) is 0 Å². The number of nitrogens with one attached hydrogen (secondary N) is 4. The zero-order valence-corrected chi connectivity index (χ0v) is 11.1. The number of carbonyl (C=O) groups excluding carboxylic acids is 2. The number of fused-ring (bicyclic) bond motifs is 1. The van der Waals surface area contributed by atoms with Gasteiger partial charge in [-0.25, -0.2) is 9.78 Å². The Hall–Kier alpha value is -2.90. The van der Waals surface area contributed by atoms with Gasteiger partial charge in [0.25, 0.3) is 5.91 Å². The Morgan fingerprint density at radius 3 is 3.10 bits per heavy atom. The van der Waals surface area contributed by atoms with Crippen LogP contribution in [0.5, 0.6) is 0 Å². The molecule has 108 valence electrons. The lowest BCUT2D eigenvalue weighted by molar-refractivity contribution is 0.0954. The van der Waals surface area contributed by atoms with Crippen LogP contribution in [0.4, 0.5) is 10.5 Å². The topological polar surface area (TPSA) is 112 Å². The first kappa shape index (κ1) is 13.1. The summed E-state index contributed by atoms with van der Waals surface area (Å²) in [5.41, 5.74) is 2.13. The fourth-order valence-corrected chi connectivity index (χ4v) is 2.08. The third-order valence-electron chi connectivity index (χ3n) is 3.17. The molecule has 0 radical (unpaired) electrons. The third-order valence-corrected chi connectivity index (χ3v) is 3.17. The van der Waals surface area contributed by atoms with E-state index in [4.69, 9.17) is 0 Å². The Balaban J connectivity index is 1.62. The van der Waals surface area contributed by atoms with Gasteiger partial charge >= 0.3 is 6.03 Å². The summed E-state index contributed by atoms with van der Waals surface area (Å²) in [4.78, 5) is 27.3. The van der Waals surface area contributed by atoms with E-state index >= 15 is 0 Å². The zero-order valence-electron chi connectivity index (χ0n) is 11.1. The highest BCUT2D eigenvalue weighted by Crippen LogP contribution is 2.20. The molecule has 1 aliphatic heterocycles. The van der Waals surface area contributed by atoms with E-state index in [1.54, 1.807) is 12.1 Å². The molecule has 0 saturated carbocycles. The molecule has 4 N–H and O–H groups in total. The molecule has 0 bridgehead atoms. The van der Waals surface area contributed by atoms with E-state index in [0.29, 0.717) is 30.8 Å². The molecule has 1 aromatic heterocycles. The molecule has 0 atom stereocenters. The van der Waals surface area contributed by atoms with Crippen LogP contribution in [0.3, 0.4) is 0 Å². The maximum Gasteiger partial charge on any atom is 0.319 e. The molecule has 0 unspecified atom stereocenters. The Morgan fingerprint density at radius 2 is 2.29 bits per heavy atom. The lowest BCUT2D eigenvalue weighted by Gasteiger charge is -2.18. The van der Waals surface area contributed by atoms with Crippen molar-refractivity contribution in [3.8, 4) is 0 Å². The fraction of sp³-hybridized carbons (Fsp3) is 0.231. The summed E-state index contributed by atoms with van der Waals surface area (Å²) >= 11 is 0. The van der Waals surface area contributed by atoms with Crippen molar-refractivity contribution in [1.82, 2.24) is 25.8 Å². The van der Waals surface area contributed by atoms with Crippen LogP contribution in [-0.4, -0.2) is 33.7 Å². The molecule has 21 heavy (non-hydrogen) atoms. The van der Waals surface area contributed by atoms with Gasteiger partial charge < -0.3 is 16.0 Å². The number of rotatable bonds is 4. The molecule has 0 fully saturated rings. The van der Waals surface area contributed by atoms with Crippen LogP contribution >= 0.6 is 0 Å². The second-order valence-corrected chi connectivity index (χ2v) is 4.62. The van der Waals surface area contributed by atoms with Gasteiger partial charge in [-0.2, -0.15) is 5.10 Å². The van der Waals surface area contributed by atoms with Crippen LogP contribution in [0.1, 0.15) is 21.7 Å². The van der Waals surface area contributed by atoms with Crippen molar-refractivity contribution in [2.75, 3.05) is 11.9 Å². The standard InChI is InChI=1S/C13H14N6O2/c20-12(14-4-3-11-16-7-17-19-11)8-1-2-9-6-15-13(21)18-10(9)5-8/h1-2,5,7H,3-4,6H2,(H,14,20)(H2,15,18,21)(H,16,17,19). The average molecular weight is 286 g/mol. The smallest absolute Gasteiger partial charge is 0.319 e. The fourth-order valence-electron chi connectivity index (χ4n) is 2.08. The van der Waals surface area contributed by atoms with E-state index in [-0.39, 0.29) is 11.9 Å². The molecule has 1 aliphatic rings. The lowest BCUT2D eigenvalue weighted by Crippen LogP contribution is -2.33. The van der Waals surface area contributed by atoms with Crippen LogP contribution in [0.2, 0.25) is 0 Å². The maximum atomic E-state index is 12.1. The van der Waals surface area contributed by atoms with Gasteiger partial charge in [0.1, 0.15) is 12.2 Å². The summed E-state index contributed by atoms with van der Waals surface area (Å²) < 4.78 is 0. The molecule has 8 nitrogen and oxygen atoms in total. The van der Waals surface area contributed by atoms with Crippen molar-refractivity contribution in [1.29, 1.82) is 0 Å². The molecule has 2 heterocycles. The second-order valence-electron chi connectivity index (χ2n) is 4.62. The molecule has 3 rings (SSSR count). The number of benzene rings is 1. The van der Waals surface area contributed by atoms with Gasteiger partial charge in [0.05, 0.1) is 0 Å². The van der Waals surface area contributed by atoms with Crippen molar-refractivity contribution in [3.05, 3.63) is 41.5 Å². The van der Waals surface area contributed by atoms with Gasteiger partial charge in [-0.15, -0.1) is 0 Å². The molecular formula is C13H14N6O2. The van der Waals surface area contributed by atoms with Crippen molar-refractivity contribution < 1.29 is 9.59 Å². The lowest BCUT2D eigenvalue weighted by atomic mass is 10.1. The Morgan fingerprint density at radius 1 is 1.38 bits per heavy atom. The Kier molecular flexibility index (Phi) is 3.50. The van der Waals surface area contributed by atoms with Gasteiger partial charge in [-0.3, -0.25) is 9.89 Å². The van der Waals surface area contributed by atoms with Crippen LogP contribution in [0, 0.1) is 0 Å². The summed E-state index contributed by atoms with van der Waals surface area (Å²) in [6, 6.07) is 4.98. The highest BCUT2D eigenvalue weighted by molar-refractivity contribution is 5.98. The van der Waals surface area contributed by atoms with Gasteiger partial charge in [0.15, 0.2) is 0 Å². The first-order chi connectivity index (χ1) is 10.2. The quantitative estimate of drug-likeness (QED) is 0.652. The molecule has 0 spiro atoms. The van der Waals surface area contributed by atoms with Gasteiger partial charge in [0, 0.05) is 30.8 Å². The third kappa shape index (κ3) is 2.99. The second kappa shape index (κ2) is 5.61. The van der Waals surface area contributed by atoms with Crippen molar-refractivity contribution >= 4 is 17.6 Å². The largest absolute Gasteiger partial charge is 0.352 e. The van der Waals surface area contributed by atoms with Crippen LogP contribution < -0.4 is 16.0 Å². The number of hydrogen-bond donors (Lipinski definition) is 4. The average Bonchev–Trinajstić information content (AvgIpc) is 2.99. The number of aromatic amines is 1. The maximum absolute atomic E-state index is 12.1. The predicted octanol–water partition coefficient (Wildman–Crippen LogP) is 0.412. The minimum absolute atomic E-state index is 0.190. The minimum Gasteiger partial charge on any atom is -0.352 e. The summed E-state index contributed by atoms with van der Waals surface area (Å²) in [5.74, 6) is 0.532. The van der Waals surface area contributed by atoms with E-state index in [1.165, 1.54) is 6.33 Å². The molecule has 8 heteroatoms. The molecule has 0 aliphatic carbocycles. The van der Waals surface area contributed by atoms with E-state index in [9.17, 15) is 9.59 Å². The number of aromatic nitrogens is 3. The first-order valence-corrected chi connectivity index (χ1v) is 6.52. The van der Waals surface area contributed by atoms with E-state index in [1.807, 2.05) is 6.07 Å². The highest BCUT2D eigenvalue weighted by atomic mass is 16.2. The SMILES string of the molecule is O=C1NCc2ccc(C(=O)NCCc3ncn[nH]3)cc2N1. The van der Waals surface area contributed by atoms with Crippen LogP contribution in [0.25, 0.3) is 0 Å². The van der Waals surface area contributed by atoms with Gasteiger partial charge in [0.2, 0.25) is 0 Å². The summed E-state index contributed by atoms with van der Waals surface area (Å²) in [6.45, 7) is 0.924. The molecular weight excluding hydrogens is 272 g/mol. The number of carbonyl (C=O) groups is 2. The van der Waals surface area contributed by atoms with E-state index < -0.39 is 0 Å². The monoisotopic (exact) mass is 286 g/mol. The number of nitrogens with zero attached hydrogens (tertiary/aromatic N) is 2. The summed E-state index contributed by atoms with van der Waals surface area (Å²) in [5, 5.41) is 14.6. The Bertz CT molecular complexity index is 667. The van der Waals surface area contributed by atoms with Crippen molar-refractivity contribution in [2.45, 2.75) is 13.0 Å².